The summed E-state index contributed by atoms with van der Waals surface area (Å²) >= 11 is 0. The maximum Gasteiger partial charge on any atom is 0.337 e. The van der Waals surface area contributed by atoms with Crippen LogP contribution in [0.4, 0.5) is 5.69 Å². The van der Waals surface area contributed by atoms with Crippen molar-refractivity contribution < 1.29 is 19.4 Å². The summed E-state index contributed by atoms with van der Waals surface area (Å²) < 4.78 is 10.5. The molecule has 0 saturated heterocycles. The Morgan fingerprint density at radius 1 is 1.05 bits per heavy atom. The molecule has 5 heteroatoms. The Bertz CT molecular complexity index is 682. The van der Waals surface area contributed by atoms with Gasteiger partial charge >= 0.3 is 5.97 Å². The van der Waals surface area contributed by atoms with Crippen molar-refractivity contribution in [3.63, 3.8) is 0 Å². The molecule has 116 valence electrons. The van der Waals surface area contributed by atoms with E-state index in [4.69, 9.17) is 9.47 Å². The molecule has 2 N–H and O–H groups in total. The van der Waals surface area contributed by atoms with Crippen LogP contribution in [-0.2, 0) is 6.42 Å². The van der Waals surface area contributed by atoms with Crippen LogP contribution in [0.5, 0.6) is 11.5 Å². The highest BCUT2D eigenvalue weighted by Gasteiger charge is 2.11. The largest absolute Gasteiger partial charge is 0.493 e. The van der Waals surface area contributed by atoms with Gasteiger partial charge in [0, 0.05) is 12.7 Å². The van der Waals surface area contributed by atoms with E-state index in [1.807, 2.05) is 24.3 Å². The Morgan fingerprint density at radius 3 is 2.27 bits per heavy atom. The zero-order valence-electron chi connectivity index (χ0n) is 12.8. The second-order valence-corrected chi connectivity index (χ2v) is 4.80. The normalized spacial score (nSPS) is 10.1. The van der Waals surface area contributed by atoms with Crippen LogP contribution >= 0.6 is 0 Å². The number of nitrogens with one attached hydrogen (secondary N) is 1. The highest BCUT2D eigenvalue weighted by Crippen LogP contribution is 2.29. The molecule has 0 aliphatic rings. The van der Waals surface area contributed by atoms with Gasteiger partial charge in [0.2, 0.25) is 0 Å². The van der Waals surface area contributed by atoms with E-state index in [1.165, 1.54) is 0 Å². The number of rotatable bonds is 6. The van der Waals surface area contributed by atoms with Gasteiger partial charge in [0.15, 0.2) is 11.5 Å². The molecule has 0 bridgehead atoms. The third-order valence-corrected chi connectivity index (χ3v) is 3.44. The Hall–Kier alpha value is -2.69. The molecule has 2 aromatic carbocycles. The second-order valence-electron chi connectivity index (χ2n) is 4.80. The quantitative estimate of drug-likeness (QED) is 0.858. The SMILES string of the molecule is CNc1ccc(Cc2ccc(OC)c(OC)c2)cc1C(=O)O. The zero-order chi connectivity index (χ0) is 16.1. The number of carboxylic acids is 1. The van der Waals surface area contributed by atoms with Crippen LogP contribution in [-0.4, -0.2) is 32.3 Å². The summed E-state index contributed by atoms with van der Waals surface area (Å²) in [6.07, 6.45) is 0.616. The van der Waals surface area contributed by atoms with Crippen molar-refractivity contribution in [2.75, 3.05) is 26.6 Å². The van der Waals surface area contributed by atoms with Crippen LogP contribution in [0.15, 0.2) is 36.4 Å². The predicted molar refractivity (Wildman–Crippen MR) is 85.3 cm³/mol. The first-order valence-electron chi connectivity index (χ1n) is 6.84. The van der Waals surface area contributed by atoms with E-state index in [0.717, 1.165) is 11.1 Å². The molecule has 22 heavy (non-hydrogen) atoms. The van der Waals surface area contributed by atoms with Crippen LogP contribution in [0.3, 0.4) is 0 Å². The van der Waals surface area contributed by atoms with Gasteiger partial charge in [0.05, 0.1) is 19.8 Å². The van der Waals surface area contributed by atoms with Gasteiger partial charge in [-0.2, -0.15) is 0 Å². The molecule has 0 spiro atoms. The van der Waals surface area contributed by atoms with Gasteiger partial charge in [-0.25, -0.2) is 4.79 Å². The number of hydrogen-bond donors (Lipinski definition) is 2. The molecule has 0 unspecified atom stereocenters. The number of carbonyl (C=O) groups is 1. The molecule has 0 aliphatic heterocycles. The molecule has 2 aromatic rings. The number of methoxy groups -OCH3 is 2. The first kappa shape index (κ1) is 15.7. The first-order valence-corrected chi connectivity index (χ1v) is 6.84. The monoisotopic (exact) mass is 301 g/mol. The van der Waals surface area contributed by atoms with Gasteiger partial charge in [-0.3, -0.25) is 0 Å². The van der Waals surface area contributed by atoms with Crippen LogP contribution < -0.4 is 14.8 Å². The van der Waals surface area contributed by atoms with E-state index in [-0.39, 0.29) is 5.56 Å². The average molecular weight is 301 g/mol. The molecule has 2 rings (SSSR count). The molecule has 0 heterocycles. The van der Waals surface area contributed by atoms with E-state index in [9.17, 15) is 9.90 Å². The van der Waals surface area contributed by atoms with E-state index in [1.54, 1.807) is 33.4 Å². The Morgan fingerprint density at radius 2 is 1.68 bits per heavy atom. The third-order valence-electron chi connectivity index (χ3n) is 3.44. The number of anilines is 1. The highest BCUT2D eigenvalue weighted by atomic mass is 16.5. The lowest BCUT2D eigenvalue weighted by Gasteiger charge is -2.11. The fraction of sp³-hybridized carbons (Fsp3) is 0.235. The van der Waals surface area contributed by atoms with Crippen molar-refractivity contribution >= 4 is 11.7 Å². The maximum atomic E-state index is 11.3. The topological polar surface area (TPSA) is 67.8 Å². The molecular weight excluding hydrogens is 282 g/mol. The van der Waals surface area contributed by atoms with Crippen LogP contribution in [0.1, 0.15) is 21.5 Å². The Kier molecular flexibility index (Phi) is 4.88. The smallest absolute Gasteiger partial charge is 0.337 e. The summed E-state index contributed by atoms with van der Waals surface area (Å²) in [5.74, 6) is 0.381. The summed E-state index contributed by atoms with van der Waals surface area (Å²) in [6, 6.07) is 11.0. The predicted octanol–water partition coefficient (Wildman–Crippen LogP) is 3.03. The molecule has 0 radical (unpaired) electrons. The Labute approximate surface area is 129 Å². The van der Waals surface area contributed by atoms with E-state index < -0.39 is 5.97 Å². The molecule has 0 fully saturated rings. The van der Waals surface area contributed by atoms with Gasteiger partial charge in [-0.05, 0) is 41.8 Å². The van der Waals surface area contributed by atoms with Crippen LogP contribution in [0, 0.1) is 0 Å². The molecule has 0 atom stereocenters. The summed E-state index contributed by atoms with van der Waals surface area (Å²) in [5, 5.41) is 12.1. The Balaban J connectivity index is 2.31. The number of ether oxygens (including phenoxy) is 2. The van der Waals surface area contributed by atoms with Gasteiger partial charge < -0.3 is 19.9 Å². The van der Waals surface area contributed by atoms with E-state index in [2.05, 4.69) is 5.32 Å². The lowest BCUT2D eigenvalue weighted by molar-refractivity contribution is 0.0698. The zero-order valence-corrected chi connectivity index (χ0v) is 12.8. The molecule has 0 aliphatic carbocycles. The summed E-state index contributed by atoms with van der Waals surface area (Å²) in [6.45, 7) is 0. The van der Waals surface area contributed by atoms with Crippen molar-refractivity contribution in [1.29, 1.82) is 0 Å². The van der Waals surface area contributed by atoms with Crippen molar-refractivity contribution in [3.05, 3.63) is 53.1 Å². The van der Waals surface area contributed by atoms with Crippen LogP contribution in [0.2, 0.25) is 0 Å². The minimum Gasteiger partial charge on any atom is -0.493 e. The van der Waals surface area contributed by atoms with E-state index in [0.29, 0.717) is 23.6 Å². The van der Waals surface area contributed by atoms with Gasteiger partial charge in [0.1, 0.15) is 0 Å². The maximum absolute atomic E-state index is 11.3. The van der Waals surface area contributed by atoms with Crippen molar-refractivity contribution in [1.82, 2.24) is 0 Å². The van der Waals surface area contributed by atoms with Crippen molar-refractivity contribution in [2.45, 2.75) is 6.42 Å². The van der Waals surface area contributed by atoms with Gasteiger partial charge in [0.25, 0.3) is 0 Å². The summed E-state index contributed by atoms with van der Waals surface area (Å²) in [4.78, 5) is 11.3. The average Bonchev–Trinajstić information content (AvgIpc) is 2.54. The second kappa shape index (κ2) is 6.85. The van der Waals surface area contributed by atoms with Gasteiger partial charge in [-0.15, -0.1) is 0 Å². The number of hydrogen-bond acceptors (Lipinski definition) is 4. The number of benzene rings is 2. The molecule has 0 saturated carbocycles. The third kappa shape index (κ3) is 3.31. The fourth-order valence-corrected chi connectivity index (χ4v) is 2.32. The van der Waals surface area contributed by atoms with E-state index >= 15 is 0 Å². The summed E-state index contributed by atoms with van der Waals surface area (Å²) in [7, 11) is 4.88. The standard InChI is InChI=1S/C17H19NO4/c1-18-14-6-4-11(9-13(14)17(19)20)8-12-5-7-15(21-2)16(10-12)22-3/h4-7,9-10,18H,8H2,1-3H3,(H,19,20). The molecular formula is C17H19NO4. The minimum atomic E-state index is -0.946. The lowest BCUT2D eigenvalue weighted by atomic mass is 10.0. The minimum absolute atomic E-state index is 0.264. The lowest BCUT2D eigenvalue weighted by Crippen LogP contribution is -2.04. The first-order chi connectivity index (χ1) is 10.6. The number of carboxylic acid groups (broad SMARTS) is 1. The molecule has 0 amide bonds. The van der Waals surface area contributed by atoms with Crippen molar-refractivity contribution in [2.24, 2.45) is 0 Å². The highest BCUT2D eigenvalue weighted by molar-refractivity contribution is 5.94. The molecule has 0 aromatic heterocycles. The van der Waals surface area contributed by atoms with Gasteiger partial charge in [-0.1, -0.05) is 12.1 Å². The molecule has 5 nitrogen and oxygen atoms in total. The number of aromatic carboxylic acids is 1. The van der Waals surface area contributed by atoms with Crippen LogP contribution in [0.25, 0.3) is 0 Å². The van der Waals surface area contributed by atoms with Crippen molar-refractivity contribution in [3.8, 4) is 11.5 Å². The fourth-order valence-electron chi connectivity index (χ4n) is 2.32. The summed E-state index contributed by atoms with van der Waals surface area (Å²) in [5.41, 5.74) is 2.80.